The van der Waals surface area contributed by atoms with Gasteiger partial charge in [0.1, 0.15) is 12.4 Å². The molecule has 0 atom stereocenters. The van der Waals surface area contributed by atoms with E-state index in [2.05, 4.69) is 10.2 Å². The number of likely N-dealkylation sites (tertiary alicyclic amines) is 1. The molecule has 1 saturated heterocycles. The van der Waals surface area contributed by atoms with Gasteiger partial charge in [-0.1, -0.05) is 30.5 Å². The van der Waals surface area contributed by atoms with E-state index >= 15 is 0 Å². The molecule has 0 spiro atoms. The number of hydrogen-bond acceptors (Lipinski definition) is 3. The smallest absolute Gasteiger partial charge is 0.317 e. The molecule has 1 aliphatic carbocycles. The summed E-state index contributed by atoms with van der Waals surface area (Å²) in [5.74, 6) is 1.63. The minimum absolute atomic E-state index is 0.0149. The second-order valence-corrected chi connectivity index (χ2v) is 8.34. The van der Waals surface area contributed by atoms with Gasteiger partial charge in [0.15, 0.2) is 0 Å². The molecule has 2 amide bonds. The molecule has 5 nitrogen and oxygen atoms in total. The molecule has 2 aliphatic rings. The molecule has 1 aromatic carbocycles. The summed E-state index contributed by atoms with van der Waals surface area (Å²) in [7, 11) is 1.81. The second-order valence-electron chi connectivity index (χ2n) is 7.90. The van der Waals surface area contributed by atoms with Crippen LogP contribution in [0, 0.1) is 5.92 Å². The van der Waals surface area contributed by atoms with Gasteiger partial charge >= 0.3 is 6.03 Å². The van der Waals surface area contributed by atoms with Crippen LogP contribution in [0.15, 0.2) is 24.3 Å². The maximum atomic E-state index is 12.4. The third kappa shape index (κ3) is 6.58. The number of carbonyl (C=O) groups is 1. The van der Waals surface area contributed by atoms with Crippen molar-refractivity contribution < 1.29 is 9.53 Å². The van der Waals surface area contributed by atoms with Gasteiger partial charge in [-0.2, -0.15) is 0 Å². The first kappa shape index (κ1) is 20.3. The Labute approximate surface area is 168 Å². The van der Waals surface area contributed by atoms with Gasteiger partial charge in [-0.15, -0.1) is 0 Å². The Morgan fingerprint density at radius 1 is 1.26 bits per heavy atom. The summed E-state index contributed by atoms with van der Waals surface area (Å²) >= 11 is 5.94. The van der Waals surface area contributed by atoms with E-state index in [-0.39, 0.29) is 12.1 Å². The normalized spacial score (nSPS) is 19.2. The topological polar surface area (TPSA) is 44.8 Å². The fourth-order valence-corrected chi connectivity index (χ4v) is 4.24. The van der Waals surface area contributed by atoms with E-state index < -0.39 is 0 Å². The zero-order chi connectivity index (χ0) is 19.1. The van der Waals surface area contributed by atoms with Crippen LogP contribution in [0.1, 0.15) is 38.5 Å². The molecule has 1 heterocycles. The lowest BCUT2D eigenvalue weighted by Gasteiger charge is -2.34. The number of hydrogen-bond donors (Lipinski definition) is 1. The van der Waals surface area contributed by atoms with E-state index in [1.54, 1.807) is 11.0 Å². The summed E-state index contributed by atoms with van der Waals surface area (Å²) in [6, 6.07) is 7.58. The highest BCUT2D eigenvalue weighted by molar-refractivity contribution is 6.30. The van der Waals surface area contributed by atoms with Crippen molar-refractivity contribution in [2.75, 3.05) is 39.8 Å². The molecule has 27 heavy (non-hydrogen) atoms. The standard InChI is InChI=1S/C21H32ClN3O2/c1-24(13-14-27-20-8-4-7-18(22)15-20)21(26)23-19-9-11-25(12-10-19)16-17-5-2-3-6-17/h4,7-8,15,17,19H,2-3,5-6,9-14,16H2,1H3,(H,23,26). The predicted molar refractivity (Wildman–Crippen MR) is 110 cm³/mol. The van der Waals surface area contributed by atoms with E-state index in [0.29, 0.717) is 18.2 Å². The van der Waals surface area contributed by atoms with Crippen LogP contribution in [-0.4, -0.2) is 61.7 Å². The number of benzene rings is 1. The third-order valence-electron chi connectivity index (χ3n) is 5.74. The summed E-state index contributed by atoms with van der Waals surface area (Å²) in [5, 5.41) is 3.83. The Morgan fingerprint density at radius 2 is 2.00 bits per heavy atom. The lowest BCUT2D eigenvalue weighted by atomic mass is 10.0. The Morgan fingerprint density at radius 3 is 2.70 bits per heavy atom. The number of rotatable bonds is 7. The van der Waals surface area contributed by atoms with E-state index in [9.17, 15) is 4.79 Å². The summed E-state index contributed by atoms with van der Waals surface area (Å²) in [6.07, 6.45) is 7.71. The average Bonchev–Trinajstić information content (AvgIpc) is 3.16. The first-order valence-electron chi connectivity index (χ1n) is 10.2. The summed E-state index contributed by atoms with van der Waals surface area (Å²) in [4.78, 5) is 16.7. The summed E-state index contributed by atoms with van der Waals surface area (Å²) < 4.78 is 5.66. The fourth-order valence-electron chi connectivity index (χ4n) is 4.06. The molecule has 0 radical (unpaired) electrons. The van der Waals surface area contributed by atoms with Crippen molar-refractivity contribution in [3.63, 3.8) is 0 Å². The highest BCUT2D eigenvalue weighted by Crippen LogP contribution is 2.26. The molecule has 150 valence electrons. The van der Waals surface area contributed by atoms with Crippen LogP contribution in [0.2, 0.25) is 5.02 Å². The minimum Gasteiger partial charge on any atom is -0.492 e. The van der Waals surface area contributed by atoms with Gasteiger partial charge in [0, 0.05) is 37.7 Å². The Hall–Kier alpha value is -1.46. The number of amides is 2. The molecule has 0 aromatic heterocycles. The monoisotopic (exact) mass is 393 g/mol. The van der Waals surface area contributed by atoms with Crippen LogP contribution in [0.5, 0.6) is 5.75 Å². The van der Waals surface area contributed by atoms with Crippen LogP contribution >= 0.6 is 11.6 Å². The Balaban J connectivity index is 1.31. The molecule has 1 N–H and O–H groups in total. The first-order chi connectivity index (χ1) is 13.1. The molecular weight excluding hydrogens is 362 g/mol. The number of ether oxygens (including phenoxy) is 1. The van der Waals surface area contributed by atoms with Crippen LogP contribution in [-0.2, 0) is 0 Å². The van der Waals surface area contributed by atoms with E-state index in [4.69, 9.17) is 16.3 Å². The average molecular weight is 394 g/mol. The van der Waals surface area contributed by atoms with Crippen LogP contribution < -0.4 is 10.1 Å². The number of nitrogens with zero attached hydrogens (tertiary/aromatic N) is 2. The number of carbonyl (C=O) groups excluding carboxylic acids is 1. The van der Waals surface area contributed by atoms with Gasteiger partial charge in [0.05, 0.1) is 6.54 Å². The second kappa shape index (κ2) is 10.2. The number of halogens is 1. The van der Waals surface area contributed by atoms with Crippen LogP contribution in [0.3, 0.4) is 0 Å². The predicted octanol–water partition coefficient (Wildman–Crippen LogP) is 4.01. The maximum absolute atomic E-state index is 12.4. The molecule has 2 fully saturated rings. The van der Waals surface area contributed by atoms with Gasteiger partial charge < -0.3 is 19.9 Å². The quantitative estimate of drug-likeness (QED) is 0.761. The molecule has 0 bridgehead atoms. The zero-order valence-corrected chi connectivity index (χ0v) is 17.1. The van der Waals surface area contributed by atoms with Crippen molar-refractivity contribution >= 4 is 17.6 Å². The largest absolute Gasteiger partial charge is 0.492 e. The van der Waals surface area contributed by atoms with Gasteiger partial charge in [-0.25, -0.2) is 4.79 Å². The van der Waals surface area contributed by atoms with Crippen LogP contribution in [0.25, 0.3) is 0 Å². The van der Waals surface area contributed by atoms with Crippen LogP contribution in [0.4, 0.5) is 4.79 Å². The number of urea groups is 1. The van der Waals surface area contributed by atoms with Gasteiger partial charge in [0.2, 0.25) is 0 Å². The third-order valence-corrected chi connectivity index (χ3v) is 5.98. The van der Waals surface area contributed by atoms with Gasteiger partial charge in [-0.05, 0) is 49.8 Å². The minimum atomic E-state index is -0.0149. The highest BCUT2D eigenvalue weighted by atomic mass is 35.5. The Kier molecular flexibility index (Phi) is 7.65. The molecule has 3 rings (SSSR count). The summed E-state index contributed by atoms with van der Waals surface area (Å²) in [6.45, 7) is 4.44. The van der Waals surface area contributed by atoms with Crippen molar-refractivity contribution in [1.29, 1.82) is 0 Å². The molecule has 1 aliphatic heterocycles. The van der Waals surface area contributed by atoms with E-state index in [0.717, 1.165) is 37.6 Å². The van der Waals surface area contributed by atoms with Crippen molar-refractivity contribution in [3.8, 4) is 5.75 Å². The number of piperidine rings is 1. The lowest BCUT2D eigenvalue weighted by molar-refractivity contribution is 0.160. The first-order valence-corrected chi connectivity index (χ1v) is 10.6. The van der Waals surface area contributed by atoms with Crippen molar-refractivity contribution in [1.82, 2.24) is 15.1 Å². The van der Waals surface area contributed by atoms with E-state index in [1.807, 2.05) is 25.2 Å². The Bertz CT molecular complexity index is 599. The molecule has 6 heteroatoms. The lowest BCUT2D eigenvalue weighted by Crippen LogP contribution is -2.49. The van der Waals surface area contributed by atoms with Crippen molar-refractivity contribution in [2.24, 2.45) is 5.92 Å². The van der Waals surface area contributed by atoms with Crippen molar-refractivity contribution in [2.45, 2.75) is 44.6 Å². The molecular formula is C21H32ClN3O2. The molecule has 1 aromatic rings. The fraction of sp³-hybridized carbons (Fsp3) is 0.667. The molecule has 1 saturated carbocycles. The maximum Gasteiger partial charge on any atom is 0.317 e. The van der Waals surface area contributed by atoms with Gasteiger partial charge in [0.25, 0.3) is 0 Å². The SMILES string of the molecule is CN(CCOc1cccc(Cl)c1)C(=O)NC1CCN(CC2CCCC2)CC1. The van der Waals surface area contributed by atoms with E-state index in [1.165, 1.54) is 32.2 Å². The summed E-state index contributed by atoms with van der Waals surface area (Å²) in [5.41, 5.74) is 0. The number of likely N-dealkylation sites (N-methyl/N-ethyl adjacent to an activating group) is 1. The zero-order valence-electron chi connectivity index (χ0n) is 16.3. The number of nitrogens with one attached hydrogen (secondary N) is 1. The van der Waals surface area contributed by atoms with Crippen molar-refractivity contribution in [3.05, 3.63) is 29.3 Å². The van der Waals surface area contributed by atoms with Gasteiger partial charge in [-0.3, -0.25) is 0 Å². The highest BCUT2D eigenvalue weighted by Gasteiger charge is 2.24. The molecule has 0 unspecified atom stereocenters.